The zero-order valence-corrected chi connectivity index (χ0v) is 22.0. The average Bonchev–Trinajstić information content (AvgIpc) is 3.61. The second-order valence-electron chi connectivity index (χ2n) is 8.27. The number of alkyl halides is 3. The lowest BCUT2D eigenvalue weighted by Gasteiger charge is -2.23. The quantitative estimate of drug-likeness (QED) is 0.377. The number of hydrogen-bond acceptors (Lipinski definition) is 11. The van der Waals surface area contributed by atoms with E-state index in [0.29, 0.717) is 0 Å². The molecule has 13 nitrogen and oxygen atoms in total. The van der Waals surface area contributed by atoms with Crippen LogP contribution in [0.3, 0.4) is 0 Å². The van der Waals surface area contributed by atoms with Crippen molar-refractivity contribution < 1.29 is 35.8 Å². The lowest BCUT2D eigenvalue weighted by molar-refractivity contribution is -0.162. The Balaban J connectivity index is 1.84. The first-order chi connectivity index (χ1) is 17.9. The molecule has 1 aliphatic carbocycles. The summed E-state index contributed by atoms with van der Waals surface area (Å²) in [4.78, 5) is 15.9. The summed E-state index contributed by atoms with van der Waals surface area (Å²) in [5, 5.41) is 6.39. The van der Waals surface area contributed by atoms with Crippen LogP contribution in [0.4, 0.5) is 19.1 Å². The predicted octanol–water partition coefficient (Wildman–Crippen LogP) is 2.63. The van der Waals surface area contributed by atoms with E-state index in [9.17, 15) is 21.6 Å². The van der Waals surface area contributed by atoms with Gasteiger partial charge in [0.1, 0.15) is 23.1 Å². The van der Waals surface area contributed by atoms with Crippen molar-refractivity contribution in [3.05, 3.63) is 35.4 Å². The Morgan fingerprint density at radius 3 is 2.11 bits per heavy atom. The zero-order valence-electron chi connectivity index (χ0n) is 20.4. The number of ether oxygens (including phenoxy) is 3. The summed E-state index contributed by atoms with van der Waals surface area (Å²) >= 11 is 5.81. The Kier molecular flexibility index (Phi) is 7.37. The third kappa shape index (κ3) is 4.80. The highest BCUT2D eigenvalue weighted by molar-refractivity contribution is 7.93. The monoisotopic (exact) mass is 578 g/mol. The van der Waals surface area contributed by atoms with E-state index in [1.807, 2.05) is 0 Å². The van der Waals surface area contributed by atoms with Gasteiger partial charge in [-0.25, -0.2) is 18.4 Å². The molecule has 38 heavy (non-hydrogen) atoms. The molecule has 0 amide bonds. The van der Waals surface area contributed by atoms with Crippen molar-refractivity contribution in [2.45, 2.75) is 42.7 Å². The number of hydrogen-bond donors (Lipinski definition) is 1. The molecule has 3 heterocycles. The summed E-state index contributed by atoms with van der Waals surface area (Å²) in [5.41, 5.74) is -2.59. The van der Waals surface area contributed by atoms with Crippen molar-refractivity contribution in [3.8, 4) is 17.4 Å². The number of nitrogens with one attached hydrogen (secondary N) is 1. The highest BCUT2D eigenvalue weighted by Gasteiger charge is 2.67. The largest absolute Gasteiger partial charge is 0.479 e. The smallest absolute Gasteiger partial charge is 0.401 e. The Morgan fingerprint density at radius 2 is 1.63 bits per heavy atom. The van der Waals surface area contributed by atoms with Crippen LogP contribution in [-0.2, 0) is 20.2 Å². The predicted molar refractivity (Wildman–Crippen MR) is 126 cm³/mol. The van der Waals surface area contributed by atoms with Crippen molar-refractivity contribution in [1.29, 1.82) is 0 Å². The molecule has 0 spiro atoms. The number of nitrogens with zero attached hydrogens (tertiary/aromatic N) is 7. The molecule has 0 bridgehead atoms. The molecule has 0 unspecified atom stereocenters. The number of anilines is 1. The normalized spacial score (nSPS) is 16.5. The number of aromatic nitrogens is 7. The second-order valence-corrected chi connectivity index (χ2v) is 10.7. The van der Waals surface area contributed by atoms with Crippen LogP contribution in [0.2, 0.25) is 5.02 Å². The first-order valence-corrected chi connectivity index (χ1v) is 12.8. The van der Waals surface area contributed by atoms with Gasteiger partial charge in [-0.1, -0.05) is 11.6 Å². The molecule has 0 radical (unpaired) electrons. The van der Waals surface area contributed by atoms with Crippen molar-refractivity contribution in [1.82, 2.24) is 34.7 Å². The highest BCUT2D eigenvalue weighted by Crippen LogP contribution is 2.59. The molecule has 206 valence electrons. The van der Waals surface area contributed by atoms with Gasteiger partial charge in [0.05, 0.1) is 19.2 Å². The minimum atomic E-state index is -4.70. The van der Waals surface area contributed by atoms with Gasteiger partial charge in [-0.15, -0.1) is 10.2 Å². The Hall–Kier alpha value is -3.31. The molecule has 1 N–H and O–H groups in total. The summed E-state index contributed by atoms with van der Waals surface area (Å²) in [6.45, 7) is 1.31. The summed E-state index contributed by atoms with van der Waals surface area (Å²) in [7, 11) is -0.700. The first kappa shape index (κ1) is 27.7. The third-order valence-electron chi connectivity index (χ3n) is 6.05. The number of rotatable bonds is 10. The molecule has 4 rings (SSSR count). The second kappa shape index (κ2) is 10.1. The summed E-state index contributed by atoms with van der Waals surface area (Å²) in [6, 6.07) is 0. The molecule has 2 atom stereocenters. The van der Waals surface area contributed by atoms with Crippen molar-refractivity contribution in [3.63, 3.8) is 0 Å². The third-order valence-corrected chi connectivity index (χ3v) is 7.94. The van der Waals surface area contributed by atoms with Crippen LogP contribution in [0.25, 0.3) is 5.69 Å². The lowest BCUT2D eigenvalue weighted by atomic mass is 10.1. The average molecular weight is 579 g/mol. The van der Waals surface area contributed by atoms with E-state index in [4.69, 9.17) is 25.8 Å². The maximum atomic E-state index is 14.1. The van der Waals surface area contributed by atoms with Gasteiger partial charge in [0.25, 0.3) is 0 Å². The molecular weight excluding hydrogens is 557 g/mol. The van der Waals surface area contributed by atoms with Gasteiger partial charge in [0, 0.05) is 19.5 Å². The minimum Gasteiger partial charge on any atom is -0.479 e. The van der Waals surface area contributed by atoms with Crippen LogP contribution < -0.4 is 14.2 Å². The van der Waals surface area contributed by atoms with Crippen molar-refractivity contribution in [2.75, 3.05) is 26.1 Å². The van der Waals surface area contributed by atoms with Crippen LogP contribution in [0.15, 0.2) is 18.7 Å². The Morgan fingerprint density at radius 1 is 1.05 bits per heavy atom. The van der Waals surface area contributed by atoms with Gasteiger partial charge in [0.2, 0.25) is 27.7 Å². The standard InChI is InChI=1S/C20H22ClF3N8O5S/c1-10(13(35-2)14-25-7-11(21)8-26-14)38(33,34)31-18-30-29-17(19(5-6-19)20(22,23)24)32(18)12-15(36-3)27-9-28-16(12)37-4/h7-10,13H,5-6H2,1-4H3,(H,30,31)/t10-,13-/m0/s1. The van der Waals surface area contributed by atoms with E-state index in [1.54, 1.807) is 0 Å². The van der Waals surface area contributed by atoms with Gasteiger partial charge >= 0.3 is 6.18 Å². The van der Waals surface area contributed by atoms with Crippen LogP contribution >= 0.6 is 11.6 Å². The van der Waals surface area contributed by atoms with Crippen molar-refractivity contribution in [2.24, 2.45) is 0 Å². The summed E-state index contributed by atoms with van der Waals surface area (Å²) < 4.78 is 88.1. The van der Waals surface area contributed by atoms with Gasteiger partial charge in [-0.3, -0.25) is 9.29 Å². The van der Waals surface area contributed by atoms with Crippen LogP contribution in [0, 0.1) is 0 Å². The fourth-order valence-electron chi connectivity index (χ4n) is 3.83. The highest BCUT2D eigenvalue weighted by atomic mass is 35.5. The van der Waals surface area contributed by atoms with E-state index in [0.717, 1.165) is 10.9 Å². The van der Waals surface area contributed by atoms with Gasteiger partial charge in [-0.2, -0.15) is 23.1 Å². The summed E-state index contributed by atoms with van der Waals surface area (Å²) in [5.74, 6) is -1.53. The van der Waals surface area contributed by atoms with Crippen LogP contribution in [-0.4, -0.2) is 75.9 Å². The molecule has 1 saturated carbocycles. The molecule has 3 aromatic rings. The SMILES string of the molecule is COc1ncnc(OC)c1-n1c(NS(=O)(=O)[C@@H](C)[C@H](OC)c2ncc(Cl)cn2)nnc1C1(C(F)(F)F)CC1. The maximum absolute atomic E-state index is 14.1. The number of halogens is 4. The number of sulfonamides is 1. The molecular formula is C20H22ClF3N8O5S. The van der Waals surface area contributed by atoms with Gasteiger partial charge in [0.15, 0.2) is 17.3 Å². The topological polar surface area (TPSA) is 156 Å². The zero-order chi connectivity index (χ0) is 27.9. The van der Waals surface area contributed by atoms with Crippen molar-refractivity contribution >= 4 is 27.6 Å². The van der Waals surface area contributed by atoms with Crippen LogP contribution in [0.1, 0.15) is 37.5 Å². The van der Waals surface area contributed by atoms with E-state index in [-0.39, 0.29) is 41.1 Å². The molecule has 0 aromatic carbocycles. The maximum Gasteiger partial charge on any atom is 0.401 e. The molecule has 0 aliphatic heterocycles. The number of methoxy groups -OCH3 is 3. The molecule has 0 saturated heterocycles. The Labute approximate surface area is 219 Å². The first-order valence-electron chi connectivity index (χ1n) is 10.9. The van der Waals surface area contributed by atoms with Gasteiger partial charge in [-0.05, 0) is 19.8 Å². The van der Waals surface area contributed by atoms with Gasteiger partial charge < -0.3 is 14.2 Å². The summed E-state index contributed by atoms with van der Waals surface area (Å²) in [6.07, 6.45) is -2.83. The van der Waals surface area contributed by atoms with E-state index < -0.39 is 44.7 Å². The fourth-order valence-corrected chi connectivity index (χ4v) is 5.06. The van der Waals surface area contributed by atoms with Crippen LogP contribution in [0.5, 0.6) is 11.8 Å². The van der Waals surface area contributed by atoms with E-state index in [2.05, 4.69) is 34.9 Å². The molecule has 18 heteroatoms. The van der Waals surface area contributed by atoms with E-state index in [1.165, 1.54) is 40.6 Å². The Bertz CT molecular complexity index is 1390. The lowest BCUT2D eigenvalue weighted by Crippen LogP contribution is -2.34. The minimum absolute atomic E-state index is 0.0192. The molecule has 1 aliphatic rings. The fraction of sp³-hybridized carbons (Fsp3) is 0.500. The molecule has 3 aromatic heterocycles. The van der Waals surface area contributed by atoms with E-state index >= 15 is 0 Å². The molecule has 1 fully saturated rings.